The van der Waals surface area contributed by atoms with E-state index in [2.05, 4.69) is 188 Å². The maximum atomic E-state index is 5.44. The lowest BCUT2D eigenvalue weighted by molar-refractivity contribution is 1.19. The summed E-state index contributed by atoms with van der Waals surface area (Å²) in [5.74, 6) is 0.701. The second kappa shape index (κ2) is 13.3. The summed E-state index contributed by atoms with van der Waals surface area (Å²) < 4.78 is 5.20. The third-order valence-electron chi connectivity index (χ3n) is 11.5. The molecule has 0 aliphatic carbocycles. The van der Waals surface area contributed by atoms with Crippen molar-refractivity contribution in [3.8, 4) is 56.2 Å². The molecule has 270 valence electrons. The molecule has 3 aromatic heterocycles. The van der Waals surface area contributed by atoms with Crippen molar-refractivity contribution in [2.75, 3.05) is 0 Å². The monoisotopic (exact) mass is 772 g/mol. The maximum absolute atomic E-state index is 5.44. The lowest BCUT2D eigenvalue weighted by Gasteiger charge is -2.16. The Morgan fingerprint density at radius 3 is 1.52 bits per heavy atom. The molecule has 12 aromatic rings. The summed E-state index contributed by atoms with van der Waals surface area (Å²) in [7, 11) is 0. The normalized spacial score (nSPS) is 11.8. The molecule has 2 nitrogen and oxygen atoms in total. The molecule has 0 fully saturated rings. The molecule has 9 aromatic carbocycles. The first-order valence-corrected chi connectivity index (χ1v) is 21.2. The Morgan fingerprint density at radius 2 is 0.793 bits per heavy atom. The van der Waals surface area contributed by atoms with E-state index < -0.39 is 0 Å². The van der Waals surface area contributed by atoms with E-state index in [9.17, 15) is 0 Å². The molecular formula is C54H32N2S2. The lowest BCUT2D eigenvalue weighted by atomic mass is 9.91. The van der Waals surface area contributed by atoms with Crippen molar-refractivity contribution in [3.05, 3.63) is 194 Å². The van der Waals surface area contributed by atoms with Gasteiger partial charge in [-0.05, 0) is 98.4 Å². The van der Waals surface area contributed by atoms with Gasteiger partial charge < -0.3 is 0 Å². The summed E-state index contributed by atoms with van der Waals surface area (Å²) in [5, 5.41) is 9.97. The highest BCUT2D eigenvalue weighted by molar-refractivity contribution is 7.26. The summed E-state index contributed by atoms with van der Waals surface area (Å²) in [6, 6.07) is 70.4. The first kappa shape index (κ1) is 33.2. The number of benzene rings is 9. The van der Waals surface area contributed by atoms with Crippen molar-refractivity contribution in [1.82, 2.24) is 9.97 Å². The quantitative estimate of drug-likeness (QED) is 0.163. The lowest BCUT2D eigenvalue weighted by Crippen LogP contribution is -1.98. The van der Waals surface area contributed by atoms with E-state index in [1.54, 1.807) is 0 Å². The number of nitrogens with zero attached hydrogens (tertiary/aromatic N) is 2. The van der Waals surface area contributed by atoms with Crippen molar-refractivity contribution in [1.29, 1.82) is 0 Å². The number of hydrogen-bond acceptors (Lipinski definition) is 4. The Balaban J connectivity index is 1.13. The van der Waals surface area contributed by atoms with Gasteiger partial charge in [-0.3, -0.25) is 0 Å². The first-order valence-electron chi connectivity index (χ1n) is 19.5. The average Bonchev–Trinajstić information content (AvgIpc) is 3.86. The predicted octanol–water partition coefficient (Wildman–Crippen LogP) is 15.9. The fraction of sp³-hybridized carbons (Fsp3) is 0. The van der Waals surface area contributed by atoms with Crippen LogP contribution in [0, 0.1) is 0 Å². The van der Waals surface area contributed by atoms with Crippen LogP contribution in [0.25, 0.3) is 118 Å². The Morgan fingerprint density at radius 1 is 0.276 bits per heavy atom. The van der Waals surface area contributed by atoms with Crippen LogP contribution in [0.4, 0.5) is 0 Å². The van der Waals surface area contributed by atoms with Crippen LogP contribution in [0.15, 0.2) is 194 Å². The molecule has 0 atom stereocenters. The zero-order valence-electron chi connectivity index (χ0n) is 31.2. The van der Waals surface area contributed by atoms with Gasteiger partial charge in [0.1, 0.15) is 0 Å². The van der Waals surface area contributed by atoms with Crippen LogP contribution in [0.5, 0.6) is 0 Å². The fourth-order valence-corrected chi connectivity index (χ4v) is 10.9. The SMILES string of the molecule is c1ccc(-c2nc(-c3cc(-c4ccc5sc6ccccc6c5c4)ccc3-c3ccc4sc5ccccc5c4c3)cc(-c3cc4ccccc4c4ccccc34)n2)cc1. The zero-order valence-corrected chi connectivity index (χ0v) is 32.8. The number of fused-ring (bicyclic) bond motifs is 9. The number of aromatic nitrogens is 2. The molecule has 0 bridgehead atoms. The van der Waals surface area contributed by atoms with Crippen molar-refractivity contribution in [2.45, 2.75) is 0 Å². The molecule has 0 amide bonds. The van der Waals surface area contributed by atoms with E-state index >= 15 is 0 Å². The summed E-state index contributed by atoms with van der Waals surface area (Å²) in [6.45, 7) is 0. The molecule has 58 heavy (non-hydrogen) atoms. The first-order chi connectivity index (χ1) is 28.7. The van der Waals surface area contributed by atoms with Crippen LogP contribution < -0.4 is 0 Å². The third-order valence-corrected chi connectivity index (χ3v) is 13.8. The minimum Gasteiger partial charge on any atom is -0.228 e. The standard InChI is InChI=1S/C54H32N2S2/c1-2-12-33(13-3-1)54-55-48(32-49(56-54)45-30-36-14-4-5-15-38(36)40-16-6-7-17-41(40)45)44-28-34(35-23-26-52-46(29-35)42-18-8-10-20-50(42)57-52)22-25-39(44)37-24-27-53-47(31-37)43-19-9-11-21-51(43)58-53/h1-32H. The fourth-order valence-electron chi connectivity index (χ4n) is 8.69. The molecule has 0 aliphatic rings. The second-order valence-electron chi connectivity index (χ2n) is 14.9. The van der Waals surface area contributed by atoms with E-state index in [1.807, 2.05) is 28.7 Å². The van der Waals surface area contributed by atoms with Gasteiger partial charge in [0.15, 0.2) is 5.82 Å². The Hall–Kier alpha value is -6.98. The second-order valence-corrected chi connectivity index (χ2v) is 17.1. The highest BCUT2D eigenvalue weighted by Gasteiger charge is 2.19. The van der Waals surface area contributed by atoms with Crippen LogP contribution in [0.3, 0.4) is 0 Å². The molecule has 0 saturated heterocycles. The van der Waals surface area contributed by atoms with Gasteiger partial charge in [0.05, 0.1) is 11.4 Å². The van der Waals surface area contributed by atoms with E-state index in [0.29, 0.717) is 5.82 Å². The van der Waals surface area contributed by atoms with Crippen LogP contribution in [-0.4, -0.2) is 9.97 Å². The minimum atomic E-state index is 0.701. The van der Waals surface area contributed by atoms with Gasteiger partial charge in [-0.15, -0.1) is 22.7 Å². The van der Waals surface area contributed by atoms with E-state index in [0.717, 1.165) is 44.8 Å². The molecule has 0 N–H and O–H groups in total. The van der Waals surface area contributed by atoms with Crippen LogP contribution in [0.1, 0.15) is 0 Å². The van der Waals surface area contributed by atoms with Crippen LogP contribution in [0.2, 0.25) is 0 Å². The van der Waals surface area contributed by atoms with E-state index in [4.69, 9.17) is 9.97 Å². The van der Waals surface area contributed by atoms with Gasteiger partial charge in [-0.2, -0.15) is 0 Å². The van der Waals surface area contributed by atoms with Crippen LogP contribution >= 0.6 is 22.7 Å². The predicted molar refractivity (Wildman–Crippen MR) is 250 cm³/mol. The summed E-state index contributed by atoms with van der Waals surface area (Å²) in [6.07, 6.45) is 0. The highest BCUT2D eigenvalue weighted by atomic mass is 32.1. The van der Waals surface area contributed by atoms with Crippen molar-refractivity contribution >= 4 is 84.6 Å². The molecule has 0 spiro atoms. The summed E-state index contributed by atoms with van der Waals surface area (Å²) >= 11 is 3.70. The van der Waals surface area contributed by atoms with Gasteiger partial charge in [0.25, 0.3) is 0 Å². The Bertz CT molecular complexity index is 3580. The molecule has 0 saturated carbocycles. The van der Waals surface area contributed by atoms with Gasteiger partial charge in [-0.1, -0.05) is 140 Å². The molecule has 0 radical (unpaired) electrons. The third kappa shape index (κ3) is 5.45. The molecule has 4 heteroatoms. The van der Waals surface area contributed by atoms with Gasteiger partial charge in [0, 0.05) is 57.0 Å². The van der Waals surface area contributed by atoms with Gasteiger partial charge >= 0.3 is 0 Å². The smallest absolute Gasteiger partial charge is 0.160 e. The Kier molecular flexibility index (Phi) is 7.62. The molecule has 0 unspecified atom stereocenters. The van der Waals surface area contributed by atoms with Crippen molar-refractivity contribution in [2.24, 2.45) is 0 Å². The summed E-state index contributed by atoms with van der Waals surface area (Å²) in [5.41, 5.74) is 9.55. The minimum absolute atomic E-state index is 0.701. The molecular weight excluding hydrogens is 741 g/mol. The Labute approximate surface area is 343 Å². The van der Waals surface area contributed by atoms with Crippen molar-refractivity contribution < 1.29 is 0 Å². The molecule has 0 aliphatic heterocycles. The summed E-state index contributed by atoms with van der Waals surface area (Å²) in [4.78, 5) is 10.8. The van der Waals surface area contributed by atoms with Crippen molar-refractivity contribution in [3.63, 3.8) is 0 Å². The van der Waals surface area contributed by atoms with E-state index in [-0.39, 0.29) is 0 Å². The zero-order chi connectivity index (χ0) is 38.2. The number of thiophene rings is 2. The number of hydrogen-bond donors (Lipinski definition) is 0. The van der Waals surface area contributed by atoms with Gasteiger partial charge in [0.2, 0.25) is 0 Å². The van der Waals surface area contributed by atoms with Gasteiger partial charge in [-0.25, -0.2) is 9.97 Å². The molecule has 3 heterocycles. The highest BCUT2D eigenvalue weighted by Crippen LogP contribution is 2.43. The maximum Gasteiger partial charge on any atom is 0.160 e. The average molecular weight is 773 g/mol. The molecule has 12 rings (SSSR count). The number of rotatable bonds is 5. The van der Waals surface area contributed by atoms with E-state index in [1.165, 1.54) is 67.5 Å². The van der Waals surface area contributed by atoms with Crippen LogP contribution in [-0.2, 0) is 0 Å². The largest absolute Gasteiger partial charge is 0.228 e. The topological polar surface area (TPSA) is 25.8 Å².